The summed E-state index contributed by atoms with van der Waals surface area (Å²) in [5, 5.41) is 0. The molecule has 1 fully saturated rings. The Labute approximate surface area is 51.7 Å². The quantitative estimate of drug-likeness (QED) is 0.372. The number of rotatable bonds is 2. The molecule has 1 heterocycles. The molecule has 1 aliphatic rings. The Morgan fingerprint density at radius 2 is 2.56 bits per heavy atom. The first kappa shape index (κ1) is 6.07. The summed E-state index contributed by atoms with van der Waals surface area (Å²) in [6.07, 6.45) is -0.167. The monoisotopic (exact) mass is 130 g/mol. The lowest BCUT2D eigenvalue weighted by molar-refractivity contribution is -0.152. The van der Waals surface area contributed by atoms with Crippen LogP contribution in [0.5, 0.6) is 0 Å². The largest absolute Gasteiger partial charge is 0.463 e. The van der Waals surface area contributed by atoms with Crippen LogP contribution < -0.4 is 0 Å². The van der Waals surface area contributed by atoms with Gasteiger partial charge in [0.1, 0.15) is 0 Å². The predicted molar refractivity (Wildman–Crippen MR) is 26.5 cm³/mol. The second-order valence-corrected chi connectivity index (χ2v) is 1.68. The Balaban J connectivity index is 2.39. The molecule has 0 aromatic rings. The maximum atomic E-state index is 10.5. The third-order valence-corrected chi connectivity index (χ3v) is 1.11. The summed E-state index contributed by atoms with van der Waals surface area (Å²) in [6, 6.07) is 0. The molecule has 0 amide bonds. The van der Waals surface area contributed by atoms with Gasteiger partial charge in [0, 0.05) is 6.42 Å². The zero-order chi connectivity index (χ0) is 6.69. The highest BCUT2D eigenvalue weighted by atomic mass is 16.6. The fourth-order valence-electron chi connectivity index (χ4n) is 0.668. The van der Waals surface area contributed by atoms with Gasteiger partial charge in [0.25, 0.3) is 6.47 Å². The third-order valence-electron chi connectivity index (χ3n) is 1.11. The van der Waals surface area contributed by atoms with Crippen molar-refractivity contribution in [3.8, 4) is 0 Å². The molecule has 0 N–H and O–H groups in total. The first-order valence-corrected chi connectivity index (χ1v) is 2.60. The van der Waals surface area contributed by atoms with E-state index < -0.39 is 12.1 Å². The number of ether oxygens (including phenoxy) is 2. The van der Waals surface area contributed by atoms with E-state index in [-0.39, 0.29) is 6.47 Å². The summed E-state index contributed by atoms with van der Waals surface area (Å²) in [6.45, 7) is 0.620. The van der Waals surface area contributed by atoms with Crippen molar-refractivity contribution >= 4 is 12.4 Å². The lowest BCUT2D eigenvalue weighted by Crippen LogP contribution is -2.17. The van der Waals surface area contributed by atoms with Crippen LogP contribution in [-0.2, 0) is 19.1 Å². The standard InChI is InChI=1S/C5H6O4/c6-3-9-4-1-2-8-5(4)7/h3-4H,1-2H2. The average molecular weight is 130 g/mol. The van der Waals surface area contributed by atoms with Crippen LogP contribution >= 0.6 is 0 Å². The molecule has 0 bridgehead atoms. The van der Waals surface area contributed by atoms with Crippen molar-refractivity contribution in [1.82, 2.24) is 0 Å². The summed E-state index contributed by atoms with van der Waals surface area (Å²) in [5.41, 5.74) is 0. The lowest BCUT2D eigenvalue weighted by atomic mass is 10.3. The molecule has 0 radical (unpaired) electrons. The van der Waals surface area contributed by atoms with Gasteiger partial charge in [-0.25, -0.2) is 4.79 Å². The second kappa shape index (κ2) is 2.48. The fourth-order valence-corrected chi connectivity index (χ4v) is 0.668. The zero-order valence-corrected chi connectivity index (χ0v) is 4.70. The van der Waals surface area contributed by atoms with Crippen molar-refractivity contribution in [2.24, 2.45) is 0 Å². The van der Waals surface area contributed by atoms with Gasteiger partial charge in [-0.05, 0) is 0 Å². The van der Waals surface area contributed by atoms with Gasteiger partial charge >= 0.3 is 5.97 Å². The van der Waals surface area contributed by atoms with Crippen LogP contribution in [0.1, 0.15) is 6.42 Å². The van der Waals surface area contributed by atoms with E-state index in [0.29, 0.717) is 13.0 Å². The van der Waals surface area contributed by atoms with E-state index >= 15 is 0 Å². The molecule has 4 heteroatoms. The van der Waals surface area contributed by atoms with E-state index in [1.807, 2.05) is 0 Å². The molecular weight excluding hydrogens is 124 g/mol. The molecule has 1 rings (SSSR count). The van der Waals surface area contributed by atoms with E-state index in [1.54, 1.807) is 0 Å². The van der Waals surface area contributed by atoms with E-state index in [0.717, 1.165) is 0 Å². The van der Waals surface area contributed by atoms with Crippen LogP contribution in [0.15, 0.2) is 0 Å². The van der Waals surface area contributed by atoms with Crippen LogP contribution in [0.2, 0.25) is 0 Å². The van der Waals surface area contributed by atoms with Crippen molar-refractivity contribution in [1.29, 1.82) is 0 Å². The molecule has 9 heavy (non-hydrogen) atoms. The Kier molecular flexibility index (Phi) is 1.67. The van der Waals surface area contributed by atoms with E-state index in [2.05, 4.69) is 9.47 Å². The van der Waals surface area contributed by atoms with Gasteiger partial charge in [-0.3, -0.25) is 4.79 Å². The first-order chi connectivity index (χ1) is 4.34. The Morgan fingerprint density at radius 1 is 1.78 bits per heavy atom. The van der Waals surface area contributed by atoms with Crippen LogP contribution in [0.3, 0.4) is 0 Å². The third kappa shape index (κ3) is 1.19. The van der Waals surface area contributed by atoms with Gasteiger partial charge in [0.05, 0.1) is 6.61 Å². The Hall–Kier alpha value is -1.06. The van der Waals surface area contributed by atoms with Crippen molar-refractivity contribution in [3.63, 3.8) is 0 Å². The number of carbonyl (C=O) groups excluding carboxylic acids is 2. The van der Waals surface area contributed by atoms with Gasteiger partial charge in [-0.2, -0.15) is 0 Å². The predicted octanol–water partition coefficient (Wildman–Crippen LogP) is -0.525. The van der Waals surface area contributed by atoms with E-state index in [4.69, 9.17) is 0 Å². The smallest absolute Gasteiger partial charge is 0.347 e. The minimum absolute atomic E-state index is 0.261. The topological polar surface area (TPSA) is 52.6 Å². The maximum Gasteiger partial charge on any atom is 0.347 e. The highest BCUT2D eigenvalue weighted by Crippen LogP contribution is 2.08. The highest BCUT2D eigenvalue weighted by Gasteiger charge is 2.27. The molecule has 0 aliphatic carbocycles. The number of hydrogen-bond donors (Lipinski definition) is 0. The second-order valence-electron chi connectivity index (χ2n) is 1.68. The van der Waals surface area contributed by atoms with E-state index in [1.165, 1.54) is 0 Å². The molecule has 1 aliphatic heterocycles. The number of cyclic esters (lactones) is 1. The van der Waals surface area contributed by atoms with Gasteiger partial charge in [-0.1, -0.05) is 0 Å². The summed E-state index contributed by atoms with van der Waals surface area (Å²) in [7, 11) is 0. The molecule has 0 saturated carbocycles. The lowest BCUT2D eigenvalue weighted by Gasteiger charge is -1.98. The van der Waals surface area contributed by atoms with Crippen LogP contribution in [-0.4, -0.2) is 25.2 Å². The SMILES string of the molecule is O=COC1CCOC1=O. The molecule has 50 valence electrons. The van der Waals surface area contributed by atoms with Crippen molar-refractivity contribution < 1.29 is 19.1 Å². The fraction of sp³-hybridized carbons (Fsp3) is 0.600. The molecule has 0 spiro atoms. The summed E-state index contributed by atoms with van der Waals surface area (Å²) < 4.78 is 8.86. The van der Waals surface area contributed by atoms with Crippen LogP contribution in [0.4, 0.5) is 0 Å². The molecule has 4 nitrogen and oxygen atoms in total. The average Bonchev–Trinajstić information content (AvgIpc) is 2.18. The molecular formula is C5H6O4. The highest BCUT2D eigenvalue weighted by molar-refractivity contribution is 5.77. The normalized spacial score (nSPS) is 25.3. The van der Waals surface area contributed by atoms with Crippen molar-refractivity contribution in [3.05, 3.63) is 0 Å². The summed E-state index contributed by atoms with van der Waals surface area (Å²) in [4.78, 5) is 20.1. The van der Waals surface area contributed by atoms with Crippen molar-refractivity contribution in [2.45, 2.75) is 12.5 Å². The van der Waals surface area contributed by atoms with Gasteiger partial charge in [-0.15, -0.1) is 0 Å². The maximum absolute atomic E-state index is 10.5. The van der Waals surface area contributed by atoms with Crippen LogP contribution in [0, 0.1) is 0 Å². The first-order valence-electron chi connectivity index (χ1n) is 2.60. The van der Waals surface area contributed by atoms with Gasteiger partial charge in [0.2, 0.25) is 6.10 Å². The minimum Gasteiger partial charge on any atom is -0.463 e. The van der Waals surface area contributed by atoms with Crippen LogP contribution in [0.25, 0.3) is 0 Å². The summed E-state index contributed by atoms with van der Waals surface area (Å²) >= 11 is 0. The molecule has 1 saturated heterocycles. The van der Waals surface area contributed by atoms with Gasteiger partial charge in [0.15, 0.2) is 0 Å². The number of esters is 1. The number of carbonyl (C=O) groups is 2. The molecule has 1 unspecified atom stereocenters. The Morgan fingerprint density at radius 3 is 3.00 bits per heavy atom. The Bertz CT molecular complexity index is 131. The zero-order valence-electron chi connectivity index (χ0n) is 4.70. The number of hydrogen-bond acceptors (Lipinski definition) is 4. The van der Waals surface area contributed by atoms with E-state index in [9.17, 15) is 9.59 Å². The molecule has 0 aromatic heterocycles. The minimum atomic E-state index is -0.650. The molecule has 0 aromatic carbocycles. The van der Waals surface area contributed by atoms with Gasteiger partial charge < -0.3 is 9.47 Å². The van der Waals surface area contributed by atoms with Crippen molar-refractivity contribution in [2.75, 3.05) is 6.61 Å². The molecule has 1 atom stereocenters. The summed E-state index contributed by atoms with van der Waals surface area (Å²) in [5.74, 6) is -0.442.